The average molecular weight is 364 g/mol. The molecule has 0 heterocycles. The number of sulfonamides is 1. The first-order valence-electron chi connectivity index (χ1n) is 8.49. The molecule has 132 valence electrons. The fourth-order valence-corrected chi connectivity index (χ4v) is 6.40. The SMILES string of the molecule is C=CCC1(NS(=O)(=O)c2ccc(C)cc2)CCC=C1C[Si](C)(C)C. The Morgan fingerprint density at radius 1 is 1.25 bits per heavy atom. The molecular formula is C19H29NO2SSi. The third-order valence-corrected chi connectivity index (χ3v) is 7.44. The minimum Gasteiger partial charge on any atom is -0.207 e. The first-order chi connectivity index (χ1) is 11.1. The number of benzene rings is 1. The van der Waals surface area contributed by atoms with Crippen LogP contribution in [0.2, 0.25) is 25.7 Å². The molecule has 1 unspecified atom stereocenters. The molecule has 0 saturated carbocycles. The van der Waals surface area contributed by atoms with Crippen LogP contribution < -0.4 is 4.72 Å². The van der Waals surface area contributed by atoms with Crippen LogP contribution in [0, 0.1) is 6.92 Å². The van der Waals surface area contributed by atoms with Crippen LogP contribution >= 0.6 is 0 Å². The first-order valence-corrected chi connectivity index (χ1v) is 13.7. The number of allylic oxidation sites excluding steroid dienone is 1. The van der Waals surface area contributed by atoms with Crippen molar-refractivity contribution < 1.29 is 8.42 Å². The lowest BCUT2D eigenvalue weighted by molar-refractivity contribution is 0.439. The van der Waals surface area contributed by atoms with Gasteiger partial charge in [0.2, 0.25) is 10.0 Å². The van der Waals surface area contributed by atoms with E-state index >= 15 is 0 Å². The van der Waals surface area contributed by atoms with Gasteiger partial charge in [0.1, 0.15) is 0 Å². The smallest absolute Gasteiger partial charge is 0.207 e. The molecule has 0 fully saturated rings. The zero-order valence-corrected chi connectivity index (χ0v) is 17.0. The molecule has 1 aromatic carbocycles. The van der Waals surface area contributed by atoms with Gasteiger partial charge >= 0.3 is 0 Å². The van der Waals surface area contributed by atoms with E-state index < -0.39 is 23.6 Å². The molecule has 0 saturated heterocycles. The fraction of sp³-hybridized carbons (Fsp3) is 0.474. The summed E-state index contributed by atoms with van der Waals surface area (Å²) in [5.41, 5.74) is 1.79. The molecule has 5 heteroatoms. The highest BCUT2D eigenvalue weighted by Crippen LogP contribution is 2.39. The Kier molecular flexibility index (Phi) is 5.57. The van der Waals surface area contributed by atoms with Gasteiger partial charge in [-0.3, -0.25) is 0 Å². The second-order valence-corrected chi connectivity index (χ2v) is 15.2. The monoisotopic (exact) mass is 363 g/mol. The molecule has 1 N–H and O–H groups in total. The largest absolute Gasteiger partial charge is 0.241 e. The lowest BCUT2D eigenvalue weighted by atomic mass is 9.90. The zero-order valence-electron chi connectivity index (χ0n) is 15.2. The van der Waals surface area contributed by atoms with E-state index in [9.17, 15) is 8.42 Å². The van der Waals surface area contributed by atoms with Crippen LogP contribution in [0.25, 0.3) is 0 Å². The van der Waals surface area contributed by atoms with Gasteiger partial charge in [-0.05, 0) is 44.4 Å². The number of nitrogens with one attached hydrogen (secondary N) is 1. The molecule has 0 aliphatic heterocycles. The standard InChI is InChI=1S/C19H29NO2SSi/c1-6-13-19(14-7-8-17(19)15-24(3,4)5)20-23(21,22)18-11-9-16(2)10-12-18/h6,8-12,20H,1,7,13-15H2,2-5H3. The summed E-state index contributed by atoms with van der Waals surface area (Å²) < 4.78 is 28.9. The van der Waals surface area contributed by atoms with Crippen molar-refractivity contribution >= 4 is 18.1 Å². The van der Waals surface area contributed by atoms with Crippen LogP contribution in [0.1, 0.15) is 24.8 Å². The normalized spacial score (nSPS) is 21.6. The Morgan fingerprint density at radius 3 is 2.42 bits per heavy atom. The van der Waals surface area contributed by atoms with E-state index in [0.717, 1.165) is 24.4 Å². The van der Waals surface area contributed by atoms with Crippen molar-refractivity contribution in [2.45, 2.75) is 62.3 Å². The summed E-state index contributed by atoms with van der Waals surface area (Å²) in [6.07, 6.45) is 6.43. The maximum atomic E-state index is 12.9. The van der Waals surface area contributed by atoms with Crippen LogP contribution in [0.15, 0.2) is 53.5 Å². The molecule has 1 aliphatic carbocycles. The molecule has 1 aliphatic rings. The van der Waals surface area contributed by atoms with Crippen molar-refractivity contribution in [2.24, 2.45) is 0 Å². The van der Waals surface area contributed by atoms with Crippen molar-refractivity contribution in [2.75, 3.05) is 0 Å². The Morgan fingerprint density at radius 2 is 1.88 bits per heavy atom. The molecule has 2 rings (SSSR count). The summed E-state index contributed by atoms with van der Waals surface area (Å²) in [5.74, 6) is 0. The van der Waals surface area contributed by atoms with E-state index in [1.807, 2.05) is 25.1 Å². The predicted molar refractivity (Wildman–Crippen MR) is 105 cm³/mol. The fourth-order valence-electron chi connectivity index (χ4n) is 3.33. The summed E-state index contributed by atoms with van der Waals surface area (Å²) in [5, 5.41) is 0. The minimum atomic E-state index is -3.55. The Bertz CT molecular complexity index is 730. The van der Waals surface area contributed by atoms with Crippen LogP contribution in [-0.2, 0) is 10.0 Å². The third kappa shape index (κ3) is 4.46. The van der Waals surface area contributed by atoms with Gasteiger partial charge < -0.3 is 0 Å². The minimum absolute atomic E-state index is 0.329. The van der Waals surface area contributed by atoms with Crippen LogP contribution in [0.5, 0.6) is 0 Å². The van der Waals surface area contributed by atoms with Gasteiger partial charge in [-0.2, -0.15) is 0 Å². The molecular weight excluding hydrogens is 334 g/mol. The molecule has 0 radical (unpaired) electrons. The lowest BCUT2D eigenvalue weighted by Crippen LogP contribution is -2.49. The molecule has 0 aromatic heterocycles. The summed E-state index contributed by atoms with van der Waals surface area (Å²) in [7, 11) is -4.89. The highest BCUT2D eigenvalue weighted by molar-refractivity contribution is 7.89. The van der Waals surface area contributed by atoms with Crippen molar-refractivity contribution in [1.82, 2.24) is 4.72 Å². The number of hydrogen-bond acceptors (Lipinski definition) is 2. The second kappa shape index (κ2) is 6.98. The van der Waals surface area contributed by atoms with Crippen molar-refractivity contribution in [1.29, 1.82) is 0 Å². The number of aryl methyl sites for hydroxylation is 1. The van der Waals surface area contributed by atoms with Gasteiger partial charge in [-0.15, -0.1) is 6.58 Å². The van der Waals surface area contributed by atoms with Gasteiger partial charge in [0, 0.05) is 8.07 Å². The van der Waals surface area contributed by atoms with E-state index in [0.29, 0.717) is 11.3 Å². The first kappa shape index (κ1) is 19.2. The highest BCUT2D eigenvalue weighted by Gasteiger charge is 2.41. The van der Waals surface area contributed by atoms with E-state index in [-0.39, 0.29) is 0 Å². The summed E-state index contributed by atoms with van der Waals surface area (Å²) in [6.45, 7) is 12.8. The predicted octanol–water partition coefficient (Wildman–Crippen LogP) is 4.65. The molecule has 1 atom stereocenters. The van der Waals surface area contributed by atoms with Crippen LogP contribution in [-0.4, -0.2) is 22.0 Å². The average Bonchev–Trinajstić information content (AvgIpc) is 2.79. The van der Waals surface area contributed by atoms with Gasteiger partial charge in [0.25, 0.3) is 0 Å². The van der Waals surface area contributed by atoms with Crippen LogP contribution in [0.3, 0.4) is 0 Å². The van der Waals surface area contributed by atoms with E-state index in [4.69, 9.17) is 0 Å². The highest BCUT2D eigenvalue weighted by atomic mass is 32.2. The Labute approximate surface area is 147 Å². The maximum absolute atomic E-state index is 12.9. The van der Waals surface area contributed by atoms with Gasteiger partial charge in [0.15, 0.2) is 0 Å². The summed E-state index contributed by atoms with van der Waals surface area (Å²) in [4.78, 5) is 0.329. The topological polar surface area (TPSA) is 46.2 Å². The van der Waals surface area contributed by atoms with Crippen molar-refractivity contribution in [3.63, 3.8) is 0 Å². The zero-order chi connectivity index (χ0) is 18.0. The quantitative estimate of drug-likeness (QED) is 0.566. The molecule has 0 amide bonds. The van der Waals surface area contributed by atoms with E-state index in [2.05, 4.69) is 37.0 Å². The lowest BCUT2D eigenvalue weighted by Gasteiger charge is -2.35. The molecule has 3 nitrogen and oxygen atoms in total. The third-order valence-electron chi connectivity index (χ3n) is 4.45. The van der Waals surface area contributed by atoms with Gasteiger partial charge in [-0.25, -0.2) is 13.1 Å². The van der Waals surface area contributed by atoms with Crippen LogP contribution in [0.4, 0.5) is 0 Å². The van der Waals surface area contributed by atoms with Gasteiger partial charge in [0.05, 0.1) is 10.4 Å². The van der Waals surface area contributed by atoms with E-state index in [1.165, 1.54) is 5.57 Å². The molecule has 0 spiro atoms. The second-order valence-electron chi connectivity index (χ2n) is 8.00. The maximum Gasteiger partial charge on any atom is 0.241 e. The van der Waals surface area contributed by atoms with E-state index in [1.54, 1.807) is 12.1 Å². The Hall–Kier alpha value is -1.17. The molecule has 0 bridgehead atoms. The van der Waals surface area contributed by atoms with Crippen molar-refractivity contribution in [3.05, 3.63) is 54.1 Å². The summed E-state index contributed by atoms with van der Waals surface area (Å²) >= 11 is 0. The van der Waals surface area contributed by atoms with Crippen molar-refractivity contribution in [3.8, 4) is 0 Å². The molecule has 24 heavy (non-hydrogen) atoms. The molecule has 1 aromatic rings. The Balaban J connectivity index is 2.35. The van der Waals surface area contributed by atoms with Gasteiger partial charge in [-0.1, -0.05) is 55.1 Å². The summed E-state index contributed by atoms with van der Waals surface area (Å²) in [6, 6.07) is 8.04. The number of hydrogen-bond donors (Lipinski definition) is 1. The number of rotatable bonds is 7.